The van der Waals surface area contributed by atoms with Crippen LogP contribution in [-0.2, 0) is 19.8 Å². The van der Waals surface area contributed by atoms with E-state index in [1.807, 2.05) is 24.3 Å². The van der Waals surface area contributed by atoms with Gasteiger partial charge in [-0.05, 0) is 44.8 Å². The van der Waals surface area contributed by atoms with Crippen molar-refractivity contribution in [2.45, 2.75) is 19.8 Å². The number of aliphatic hydroxyl groups is 1. The molecule has 5 nitrogen and oxygen atoms in total. The summed E-state index contributed by atoms with van der Waals surface area (Å²) in [4.78, 5) is 17.8. The zero-order chi connectivity index (χ0) is 19.2. The normalized spacial score (nSPS) is 10.6. The van der Waals surface area contributed by atoms with Crippen molar-refractivity contribution < 1.29 is 19.1 Å². The molecular formula is C20H17BrFNO4. The number of aromatic nitrogens is 1. The smallest absolute Gasteiger partial charge is 0.301 e. The van der Waals surface area contributed by atoms with E-state index in [0.717, 1.165) is 15.9 Å². The third kappa shape index (κ3) is 4.75. The van der Waals surface area contributed by atoms with E-state index < -0.39 is 5.56 Å². The number of benzene rings is 2. The van der Waals surface area contributed by atoms with Crippen molar-refractivity contribution in [2.24, 2.45) is 0 Å². The molecule has 1 heterocycles. The number of hydrogen-bond acceptors (Lipinski definition) is 4. The lowest BCUT2D eigenvalue weighted by Gasteiger charge is -2.13. The minimum Gasteiger partial charge on any atom is -0.487 e. The number of ether oxygens (including phenoxy) is 1. The second-order valence-corrected chi connectivity index (χ2v) is 6.54. The van der Waals surface area contributed by atoms with E-state index >= 15 is 0 Å². The molecule has 0 amide bonds. The van der Waals surface area contributed by atoms with Crippen LogP contribution in [0.4, 0.5) is 4.39 Å². The zero-order valence-electron chi connectivity index (χ0n) is 14.3. The fraction of sp³-hybridized carbons (Fsp3) is 0.150. The molecule has 1 N–H and O–H groups in total. The molecule has 0 atom stereocenters. The Kier molecular flexibility index (Phi) is 6.26. The minimum atomic E-state index is -0.431. The van der Waals surface area contributed by atoms with Crippen molar-refractivity contribution in [3.05, 3.63) is 98.1 Å². The van der Waals surface area contributed by atoms with Gasteiger partial charge in [0.1, 0.15) is 29.3 Å². The van der Waals surface area contributed by atoms with Crippen LogP contribution < -0.4 is 15.1 Å². The average Bonchev–Trinajstić information content (AvgIpc) is 2.68. The highest BCUT2D eigenvalue weighted by Crippen LogP contribution is 2.22. The minimum absolute atomic E-state index is 0.0498. The lowest BCUT2D eigenvalue weighted by Crippen LogP contribution is -2.27. The van der Waals surface area contributed by atoms with E-state index in [2.05, 4.69) is 15.9 Å². The highest BCUT2D eigenvalue weighted by atomic mass is 79.9. The van der Waals surface area contributed by atoms with Gasteiger partial charge in [-0.25, -0.2) is 4.39 Å². The summed E-state index contributed by atoms with van der Waals surface area (Å²) in [6.07, 6.45) is 1.44. The van der Waals surface area contributed by atoms with Crippen molar-refractivity contribution in [1.82, 2.24) is 4.73 Å². The third-order valence-corrected chi connectivity index (χ3v) is 4.63. The van der Waals surface area contributed by atoms with Crippen molar-refractivity contribution in [1.29, 1.82) is 0 Å². The van der Waals surface area contributed by atoms with Crippen LogP contribution in [0.3, 0.4) is 0 Å². The third-order valence-electron chi connectivity index (χ3n) is 3.90. The summed E-state index contributed by atoms with van der Waals surface area (Å²) in [5.74, 6) is -0.00474. The first-order valence-corrected chi connectivity index (χ1v) is 8.97. The van der Waals surface area contributed by atoms with Gasteiger partial charge < -0.3 is 14.7 Å². The SMILES string of the molecule is O=c1c(Br)c(OCc2ccccc2CO)ccn1OCc1cccc(F)c1. The standard InChI is InChI=1S/C20H17BrFNO4/c21-19-18(26-13-16-6-2-1-5-15(16)11-24)8-9-23(20(19)25)27-12-14-4-3-7-17(22)10-14/h1-10,24H,11-13H2. The summed E-state index contributed by atoms with van der Waals surface area (Å²) < 4.78 is 20.2. The molecule has 7 heteroatoms. The molecule has 0 aliphatic heterocycles. The first kappa shape index (κ1) is 19.1. The highest BCUT2D eigenvalue weighted by Gasteiger charge is 2.11. The van der Waals surface area contributed by atoms with Gasteiger partial charge in [0.15, 0.2) is 0 Å². The van der Waals surface area contributed by atoms with Gasteiger partial charge in [0.05, 0.1) is 12.8 Å². The van der Waals surface area contributed by atoms with Crippen LogP contribution >= 0.6 is 15.9 Å². The van der Waals surface area contributed by atoms with Gasteiger partial charge in [-0.15, -0.1) is 0 Å². The van der Waals surface area contributed by atoms with Gasteiger partial charge in [-0.1, -0.05) is 36.4 Å². The molecule has 2 aromatic carbocycles. The monoisotopic (exact) mass is 433 g/mol. The van der Waals surface area contributed by atoms with Gasteiger partial charge in [0.2, 0.25) is 0 Å². The summed E-state index contributed by atoms with van der Waals surface area (Å²) in [6.45, 7) is 0.174. The fourth-order valence-electron chi connectivity index (χ4n) is 2.47. The predicted octanol–water partition coefficient (Wildman–Crippen LogP) is 3.45. The van der Waals surface area contributed by atoms with Crippen LogP contribution in [0.15, 0.2) is 70.1 Å². The van der Waals surface area contributed by atoms with Crippen LogP contribution in [0.25, 0.3) is 0 Å². The maximum atomic E-state index is 13.2. The van der Waals surface area contributed by atoms with Crippen LogP contribution in [-0.4, -0.2) is 9.84 Å². The Balaban J connectivity index is 1.70. The summed E-state index contributed by atoms with van der Waals surface area (Å²) in [5.41, 5.74) is 1.78. The maximum absolute atomic E-state index is 13.2. The molecule has 0 saturated heterocycles. The topological polar surface area (TPSA) is 60.7 Å². The van der Waals surface area contributed by atoms with Gasteiger partial charge in [-0.3, -0.25) is 4.79 Å². The van der Waals surface area contributed by atoms with Crippen molar-refractivity contribution in [3.8, 4) is 5.75 Å². The number of aliphatic hydroxyl groups excluding tert-OH is 1. The van der Waals surface area contributed by atoms with Gasteiger partial charge in [0.25, 0.3) is 0 Å². The average molecular weight is 434 g/mol. The Hall–Kier alpha value is -2.64. The Morgan fingerprint density at radius 3 is 2.56 bits per heavy atom. The molecule has 0 spiro atoms. The fourth-order valence-corrected chi connectivity index (χ4v) is 2.89. The van der Waals surface area contributed by atoms with Gasteiger partial charge >= 0.3 is 5.56 Å². The zero-order valence-corrected chi connectivity index (χ0v) is 15.9. The Bertz CT molecular complexity index is 990. The molecule has 1 aromatic heterocycles. The molecule has 0 aliphatic rings. The Labute approximate surface area is 163 Å². The maximum Gasteiger partial charge on any atom is 0.301 e. The molecule has 140 valence electrons. The van der Waals surface area contributed by atoms with E-state index in [9.17, 15) is 14.3 Å². The largest absolute Gasteiger partial charge is 0.487 e. The van der Waals surface area contributed by atoms with Crippen LogP contribution in [0.2, 0.25) is 0 Å². The van der Waals surface area contributed by atoms with Gasteiger partial charge in [0, 0.05) is 6.07 Å². The van der Waals surface area contributed by atoms with E-state index in [4.69, 9.17) is 9.57 Å². The quantitative estimate of drug-likeness (QED) is 0.619. The molecule has 0 bridgehead atoms. The second kappa shape index (κ2) is 8.83. The van der Waals surface area contributed by atoms with Crippen molar-refractivity contribution >= 4 is 15.9 Å². The first-order chi connectivity index (χ1) is 13.1. The van der Waals surface area contributed by atoms with Crippen LogP contribution in [0.5, 0.6) is 5.75 Å². The number of hydrogen-bond donors (Lipinski definition) is 1. The van der Waals surface area contributed by atoms with Crippen molar-refractivity contribution in [2.75, 3.05) is 0 Å². The summed E-state index contributed by atoms with van der Waals surface area (Å²) in [6, 6.07) is 14.9. The Morgan fingerprint density at radius 2 is 1.81 bits per heavy atom. The molecule has 0 saturated carbocycles. The molecule has 0 unspecified atom stereocenters. The predicted molar refractivity (Wildman–Crippen MR) is 102 cm³/mol. The molecule has 3 aromatic rings. The number of nitrogens with zero attached hydrogens (tertiary/aromatic N) is 1. The van der Waals surface area contributed by atoms with E-state index in [-0.39, 0.29) is 30.1 Å². The summed E-state index contributed by atoms with van der Waals surface area (Å²) in [7, 11) is 0. The molecule has 0 radical (unpaired) electrons. The molecule has 27 heavy (non-hydrogen) atoms. The Morgan fingerprint density at radius 1 is 1.04 bits per heavy atom. The van der Waals surface area contributed by atoms with E-state index in [0.29, 0.717) is 11.3 Å². The van der Waals surface area contributed by atoms with Gasteiger partial charge in [-0.2, -0.15) is 4.73 Å². The second-order valence-electron chi connectivity index (χ2n) is 5.74. The molecule has 3 rings (SSSR count). The van der Waals surface area contributed by atoms with Crippen molar-refractivity contribution in [3.63, 3.8) is 0 Å². The lowest BCUT2D eigenvalue weighted by atomic mass is 10.1. The number of rotatable bonds is 7. The summed E-state index contributed by atoms with van der Waals surface area (Å²) >= 11 is 3.23. The highest BCUT2D eigenvalue weighted by molar-refractivity contribution is 9.10. The van der Waals surface area contributed by atoms with E-state index in [1.165, 1.54) is 18.3 Å². The summed E-state index contributed by atoms with van der Waals surface area (Å²) in [5, 5.41) is 9.36. The number of pyridine rings is 1. The van der Waals surface area contributed by atoms with E-state index in [1.54, 1.807) is 18.2 Å². The van der Waals surface area contributed by atoms with Crippen LogP contribution in [0.1, 0.15) is 16.7 Å². The van der Waals surface area contributed by atoms with Crippen LogP contribution in [0, 0.1) is 5.82 Å². The molecular weight excluding hydrogens is 417 g/mol. The first-order valence-electron chi connectivity index (χ1n) is 8.18. The number of halogens is 2. The molecule has 0 aliphatic carbocycles. The molecule has 0 fully saturated rings. The lowest BCUT2D eigenvalue weighted by molar-refractivity contribution is 0.0876.